The van der Waals surface area contributed by atoms with Crippen LogP contribution in [0.3, 0.4) is 0 Å². The number of nitrogens with one attached hydrogen (secondary N) is 3. The average molecular weight is 404 g/mol. The summed E-state index contributed by atoms with van der Waals surface area (Å²) in [7, 11) is 0. The Hall–Kier alpha value is -2.67. The van der Waals surface area contributed by atoms with E-state index in [1.165, 1.54) is 0 Å². The summed E-state index contributed by atoms with van der Waals surface area (Å²) < 4.78 is 0.856. The van der Waals surface area contributed by atoms with Crippen LogP contribution < -0.4 is 16.2 Å². The Morgan fingerprint density at radius 1 is 0.800 bits per heavy atom. The fourth-order valence-electron chi connectivity index (χ4n) is 1.97. The lowest BCUT2D eigenvalue weighted by Crippen LogP contribution is -2.42. The molecule has 0 atom stereocenters. The van der Waals surface area contributed by atoms with Gasteiger partial charge >= 0.3 is 0 Å². The van der Waals surface area contributed by atoms with Gasteiger partial charge in [-0.25, -0.2) is 0 Å². The van der Waals surface area contributed by atoms with E-state index in [0.29, 0.717) is 12.1 Å². The first-order valence-electron chi connectivity index (χ1n) is 7.70. The molecule has 130 valence electrons. The van der Waals surface area contributed by atoms with Gasteiger partial charge in [0.25, 0.3) is 5.91 Å². The van der Waals surface area contributed by atoms with Crippen molar-refractivity contribution in [1.29, 1.82) is 0 Å². The summed E-state index contributed by atoms with van der Waals surface area (Å²) in [6, 6.07) is 16.2. The smallest absolute Gasteiger partial charge is 0.269 e. The third-order valence-corrected chi connectivity index (χ3v) is 3.86. The van der Waals surface area contributed by atoms with Crippen molar-refractivity contribution in [3.8, 4) is 0 Å². The van der Waals surface area contributed by atoms with Gasteiger partial charge in [0.2, 0.25) is 11.8 Å². The van der Waals surface area contributed by atoms with E-state index in [1.54, 1.807) is 24.3 Å². The van der Waals surface area contributed by atoms with Gasteiger partial charge in [0.15, 0.2) is 0 Å². The summed E-state index contributed by atoms with van der Waals surface area (Å²) in [5, 5.41) is 2.74. The van der Waals surface area contributed by atoms with Crippen molar-refractivity contribution in [1.82, 2.24) is 16.2 Å². The largest absolute Gasteiger partial charge is 0.352 e. The van der Waals surface area contributed by atoms with Crippen molar-refractivity contribution < 1.29 is 14.4 Å². The van der Waals surface area contributed by atoms with Gasteiger partial charge in [-0.15, -0.1) is 0 Å². The Kier molecular flexibility index (Phi) is 7.16. The Bertz CT molecular complexity index is 733. The van der Waals surface area contributed by atoms with Gasteiger partial charge in [-0.05, 0) is 29.8 Å². The van der Waals surface area contributed by atoms with E-state index < -0.39 is 11.8 Å². The van der Waals surface area contributed by atoms with Crippen LogP contribution in [0.4, 0.5) is 0 Å². The van der Waals surface area contributed by atoms with Crippen molar-refractivity contribution >= 4 is 33.7 Å². The number of rotatable bonds is 6. The number of benzene rings is 2. The molecule has 2 aromatic carbocycles. The van der Waals surface area contributed by atoms with Gasteiger partial charge in [-0.1, -0.05) is 46.3 Å². The minimum atomic E-state index is -0.430. The third kappa shape index (κ3) is 6.76. The SMILES string of the molecule is O=C(CCC(=O)NNC(=O)c1ccc(Br)cc1)NCc1ccccc1. The number of carbonyl (C=O) groups is 3. The van der Waals surface area contributed by atoms with Crippen LogP contribution >= 0.6 is 15.9 Å². The molecule has 0 aromatic heterocycles. The Morgan fingerprint density at radius 2 is 1.44 bits per heavy atom. The molecule has 2 rings (SSSR count). The monoisotopic (exact) mass is 403 g/mol. The maximum atomic E-state index is 11.8. The van der Waals surface area contributed by atoms with Crippen molar-refractivity contribution in [3.05, 3.63) is 70.2 Å². The van der Waals surface area contributed by atoms with Gasteiger partial charge in [-0.3, -0.25) is 25.2 Å². The van der Waals surface area contributed by atoms with Gasteiger partial charge in [0.1, 0.15) is 0 Å². The summed E-state index contributed by atoms with van der Waals surface area (Å²) in [4.78, 5) is 35.3. The summed E-state index contributed by atoms with van der Waals surface area (Å²) in [5.74, 6) is -1.08. The van der Waals surface area contributed by atoms with Crippen molar-refractivity contribution in [3.63, 3.8) is 0 Å². The van der Waals surface area contributed by atoms with Crippen molar-refractivity contribution in [2.45, 2.75) is 19.4 Å². The van der Waals surface area contributed by atoms with Crippen LogP contribution in [0.1, 0.15) is 28.8 Å². The van der Waals surface area contributed by atoms with Crippen molar-refractivity contribution in [2.24, 2.45) is 0 Å². The zero-order valence-electron chi connectivity index (χ0n) is 13.4. The standard InChI is InChI=1S/C18H18BrN3O3/c19-15-8-6-14(7-9-15)18(25)22-21-17(24)11-10-16(23)20-12-13-4-2-1-3-5-13/h1-9H,10-12H2,(H,20,23)(H,21,24)(H,22,25). The number of amides is 3. The highest BCUT2D eigenvalue weighted by Crippen LogP contribution is 2.10. The van der Waals surface area contributed by atoms with E-state index in [2.05, 4.69) is 32.1 Å². The maximum absolute atomic E-state index is 11.8. The number of halogens is 1. The van der Waals surface area contributed by atoms with Gasteiger partial charge in [0, 0.05) is 29.4 Å². The number of hydrogen-bond acceptors (Lipinski definition) is 3. The molecule has 7 heteroatoms. The van der Waals surface area contributed by atoms with E-state index in [0.717, 1.165) is 10.0 Å². The van der Waals surface area contributed by atoms with Gasteiger partial charge in [-0.2, -0.15) is 0 Å². The molecule has 25 heavy (non-hydrogen) atoms. The molecule has 0 spiro atoms. The van der Waals surface area contributed by atoms with E-state index in [-0.39, 0.29) is 18.7 Å². The summed E-state index contributed by atoms with van der Waals surface area (Å²) in [6.07, 6.45) is 0.0358. The molecule has 0 radical (unpaired) electrons. The molecule has 0 unspecified atom stereocenters. The fraction of sp³-hybridized carbons (Fsp3) is 0.167. The molecular weight excluding hydrogens is 386 g/mol. The molecule has 0 aliphatic heterocycles. The molecule has 0 bridgehead atoms. The van der Waals surface area contributed by atoms with Crippen LogP contribution in [-0.4, -0.2) is 17.7 Å². The first-order chi connectivity index (χ1) is 12.0. The third-order valence-electron chi connectivity index (χ3n) is 3.33. The number of hydrogen-bond donors (Lipinski definition) is 3. The van der Waals surface area contributed by atoms with Crippen LogP contribution in [0, 0.1) is 0 Å². The Morgan fingerprint density at radius 3 is 2.12 bits per heavy atom. The molecular formula is C18H18BrN3O3. The first-order valence-corrected chi connectivity index (χ1v) is 8.49. The quantitative estimate of drug-likeness (QED) is 0.646. The van der Waals surface area contributed by atoms with E-state index >= 15 is 0 Å². The lowest BCUT2D eigenvalue weighted by Gasteiger charge is -2.08. The molecule has 6 nitrogen and oxygen atoms in total. The summed E-state index contributed by atoms with van der Waals surface area (Å²) in [5.41, 5.74) is 6.02. The summed E-state index contributed by atoms with van der Waals surface area (Å²) >= 11 is 3.28. The second kappa shape index (κ2) is 9.58. The lowest BCUT2D eigenvalue weighted by molar-refractivity contribution is -0.126. The fourth-order valence-corrected chi connectivity index (χ4v) is 2.24. The average Bonchev–Trinajstić information content (AvgIpc) is 2.64. The van der Waals surface area contributed by atoms with Crippen LogP contribution in [-0.2, 0) is 16.1 Å². The lowest BCUT2D eigenvalue weighted by atomic mass is 10.2. The van der Waals surface area contributed by atoms with Gasteiger partial charge in [0.05, 0.1) is 0 Å². The second-order valence-corrected chi connectivity index (χ2v) is 6.19. The molecule has 0 aliphatic rings. The maximum Gasteiger partial charge on any atom is 0.269 e. The molecule has 0 saturated heterocycles. The van der Waals surface area contributed by atoms with Crippen LogP contribution in [0.5, 0.6) is 0 Å². The number of carbonyl (C=O) groups excluding carboxylic acids is 3. The molecule has 0 fully saturated rings. The molecule has 0 aliphatic carbocycles. The van der Waals surface area contributed by atoms with E-state index in [4.69, 9.17) is 0 Å². The Labute approximate surface area is 154 Å². The van der Waals surface area contributed by atoms with Crippen LogP contribution in [0.15, 0.2) is 59.1 Å². The number of hydrazine groups is 1. The van der Waals surface area contributed by atoms with Crippen molar-refractivity contribution in [2.75, 3.05) is 0 Å². The van der Waals surface area contributed by atoms with Crippen LogP contribution in [0.2, 0.25) is 0 Å². The molecule has 3 amide bonds. The molecule has 3 N–H and O–H groups in total. The highest BCUT2D eigenvalue weighted by molar-refractivity contribution is 9.10. The minimum absolute atomic E-state index is 0.0127. The van der Waals surface area contributed by atoms with E-state index in [9.17, 15) is 14.4 Å². The molecule has 0 heterocycles. The molecule has 2 aromatic rings. The predicted molar refractivity (Wildman–Crippen MR) is 97.3 cm³/mol. The summed E-state index contributed by atoms with van der Waals surface area (Å²) in [6.45, 7) is 0.418. The highest BCUT2D eigenvalue weighted by Gasteiger charge is 2.09. The molecule has 0 saturated carbocycles. The van der Waals surface area contributed by atoms with Gasteiger partial charge < -0.3 is 5.32 Å². The Balaban J connectivity index is 1.65. The second-order valence-electron chi connectivity index (χ2n) is 5.27. The zero-order chi connectivity index (χ0) is 18.1. The topological polar surface area (TPSA) is 87.3 Å². The highest BCUT2D eigenvalue weighted by atomic mass is 79.9. The predicted octanol–water partition coefficient (Wildman–Crippen LogP) is 2.31. The first kappa shape index (κ1) is 18.7. The van der Waals surface area contributed by atoms with E-state index in [1.807, 2.05) is 30.3 Å². The van der Waals surface area contributed by atoms with Crippen LogP contribution in [0.25, 0.3) is 0 Å². The minimum Gasteiger partial charge on any atom is -0.352 e. The normalized spacial score (nSPS) is 9.96. The zero-order valence-corrected chi connectivity index (χ0v) is 15.0.